The van der Waals surface area contributed by atoms with Gasteiger partial charge in [-0.25, -0.2) is 0 Å². The zero-order valence-electron chi connectivity index (χ0n) is 7.89. The molecule has 0 heterocycles. The van der Waals surface area contributed by atoms with Crippen LogP contribution in [0, 0.1) is 0 Å². The van der Waals surface area contributed by atoms with Crippen LogP contribution in [0.5, 0.6) is 0 Å². The number of hydrogen-bond acceptors (Lipinski definition) is 1. The second kappa shape index (κ2) is 5.90. The summed E-state index contributed by atoms with van der Waals surface area (Å²) in [4.78, 5) is 4.06. The van der Waals surface area contributed by atoms with Crippen molar-refractivity contribution in [3.05, 3.63) is 23.8 Å². The van der Waals surface area contributed by atoms with Gasteiger partial charge in [0, 0.05) is 19.2 Å². The predicted octanol–water partition coefficient (Wildman–Crippen LogP) is 2.99. The van der Waals surface area contributed by atoms with Crippen LogP contribution in [0.15, 0.2) is 28.8 Å². The van der Waals surface area contributed by atoms with Gasteiger partial charge in [0.2, 0.25) is 0 Å². The summed E-state index contributed by atoms with van der Waals surface area (Å²) in [6.07, 6.45) is 7.31. The molecule has 0 aromatic rings. The van der Waals surface area contributed by atoms with Crippen molar-refractivity contribution < 1.29 is 0 Å². The first-order valence-corrected chi connectivity index (χ1v) is 3.92. The molecule has 11 heavy (non-hydrogen) atoms. The summed E-state index contributed by atoms with van der Waals surface area (Å²) in [5.74, 6) is 0. The number of hydrogen-bond donors (Lipinski definition) is 0. The van der Waals surface area contributed by atoms with Gasteiger partial charge in [-0.05, 0) is 20.8 Å². The molecular formula is C10H17N. The second-order valence-electron chi connectivity index (χ2n) is 2.60. The van der Waals surface area contributed by atoms with E-state index in [0.29, 0.717) is 0 Å². The lowest BCUT2D eigenvalue weighted by atomic mass is 10.2. The number of aliphatic imine (C=N–C) groups is 1. The van der Waals surface area contributed by atoms with Crippen molar-refractivity contribution in [2.45, 2.75) is 27.2 Å². The van der Waals surface area contributed by atoms with Gasteiger partial charge < -0.3 is 0 Å². The molecule has 0 atom stereocenters. The SMILES string of the molecule is CC=C(C)/C=C\C/C(C)=N\C. The summed E-state index contributed by atoms with van der Waals surface area (Å²) >= 11 is 0. The normalized spacial score (nSPS) is 14.5. The molecule has 0 saturated carbocycles. The minimum Gasteiger partial charge on any atom is -0.297 e. The molecule has 0 bridgehead atoms. The molecule has 0 aliphatic heterocycles. The lowest BCUT2D eigenvalue weighted by molar-refractivity contribution is 1.32. The molecule has 0 aromatic carbocycles. The summed E-state index contributed by atoms with van der Waals surface area (Å²) in [5, 5.41) is 0. The highest BCUT2D eigenvalue weighted by Gasteiger charge is 1.83. The number of rotatable bonds is 3. The van der Waals surface area contributed by atoms with E-state index in [9.17, 15) is 0 Å². The van der Waals surface area contributed by atoms with Crippen molar-refractivity contribution in [1.82, 2.24) is 0 Å². The van der Waals surface area contributed by atoms with E-state index >= 15 is 0 Å². The van der Waals surface area contributed by atoms with Gasteiger partial charge in [0.1, 0.15) is 0 Å². The number of nitrogens with zero attached hydrogens (tertiary/aromatic N) is 1. The first kappa shape index (κ1) is 10.2. The fourth-order valence-corrected chi connectivity index (χ4v) is 0.603. The molecule has 0 aliphatic rings. The molecule has 0 radical (unpaired) electrons. The predicted molar refractivity (Wildman–Crippen MR) is 52.2 cm³/mol. The minimum atomic E-state index is 0.960. The average molecular weight is 151 g/mol. The lowest BCUT2D eigenvalue weighted by Gasteiger charge is -1.91. The van der Waals surface area contributed by atoms with Crippen LogP contribution in [-0.4, -0.2) is 12.8 Å². The van der Waals surface area contributed by atoms with Crippen LogP contribution >= 0.6 is 0 Å². The Kier molecular flexibility index (Phi) is 5.44. The molecule has 0 saturated heterocycles. The third-order valence-corrected chi connectivity index (χ3v) is 1.63. The molecule has 0 fully saturated rings. The lowest BCUT2D eigenvalue weighted by Crippen LogP contribution is -1.86. The maximum atomic E-state index is 4.06. The fraction of sp³-hybridized carbons (Fsp3) is 0.500. The van der Waals surface area contributed by atoms with E-state index in [2.05, 4.69) is 30.1 Å². The van der Waals surface area contributed by atoms with Crippen LogP contribution < -0.4 is 0 Å². The molecule has 0 aromatic heterocycles. The minimum absolute atomic E-state index is 0.960. The largest absolute Gasteiger partial charge is 0.297 e. The Hall–Kier alpha value is -0.850. The average Bonchev–Trinajstić information content (AvgIpc) is 2.04. The Morgan fingerprint density at radius 2 is 2.00 bits per heavy atom. The van der Waals surface area contributed by atoms with E-state index in [0.717, 1.165) is 6.42 Å². The van der Waals surface area contributed by atoms with Crippen molar-refractivity contribution >= 4 is 5.71 Å². The Bertz CT molecular complexity index is 185. The van der Waals surface area contributed by atoms with Gasteiger partial charge in [-0.15, -0.1) is 0 Å². The van der Waals surface area contributed by atoms with Crippen molar-refractivity contribution in [2.24, 2.45) is 4.99 Å². The van der Waals surface area contributed by atoms with Crippen LogP contribution in [0.1, 0.15) is 27.2 Å². The van der Waals surface area contributed by atoms with Crippen molar-refractivity contribution in [3.63, 3.8) is 0 Å². The van der Waals surface area contributed by atoms with E-state index in [1.54, 1.807) is 0 Å². The van der Waals surface area contributed by atoms with Gasteiger partial charge >= 0.3 is 0 Å². The maximum absolute atomic E-state index is 4.06. The van der Waals surface area contributed by atoms with Crippen molar-refractivity contribution in [2.75, 3.05) is 7.05 Å². The van der Waals surface area contributed by atoms with Gasteiger partial charge in [0.25, 0.3) is 0 Å². The van der Waals surface area contributed by atoms with E-state index in [-0.39, 0.29) is 0 Å². The Labute approximate surface area is 69.5 Å². The van der Waals surface area contributed by atoms with Gasteiger partial charge in [-0.1, -0.05) is 23.8 Å². The van der Waals surface area contributed by atoms with Gasteiger partial charge in [-0.3, -0.25) is 4.99 Å². The molecule has 1 nitrogen and oxygen atoms in total. The third kappa shape index (κ3) is 5.59. The Morgan fingerprint density at radius 1 is 1.36 bits per heavy atom. The highest BCUT2D eigenvalue weighted by Crippen LogP contribution is 1.96. The number of allylic oxidation sites excluding steroid dienone is 4. The van der Waals surface area contributed by atoms with Gasteiger partial charge in [0.15, 0.2) is 0 Å². The van der Waals surface area contributed by atoms with Crippen LogP contribution in [0.3, 0.4) is 0 Å². The quantitative estimate of drug-likeness (QED) is 0.434. The summed E-state index contributed by atoms with van der Waals surface area (Å²) in [7, 11) is 1.83. The zero-order chi connectivity index (χ0) is 8.69. The molecule has 0 N–H and O–H groups in total. The molecular weight excluding hydrogens is 134 g/mol. The van der Waals surface area contributed by atoms with Crippen molar-refractivity contribution in [1.29, 1.82) is 0 Å². The van der Waals surface area contributed by atoms with Gasteiger partial charge in [-0.2, -0.15) is 0 Å². The first-order chi connectivity index (χ1) is 5.20. The summed E-state index contributed by atoms with van der Waals surface area (Å²) in [5.41, 5.74) is 2.47. The Morgan fingerprint density at radius 3 is 2.45 bits per heavy atom. The summed E-state index contributed by atoms with van der Waals surface area (Å²) < 4.78 is 0. The van der Waals surface area contributed by atoms with E-state index in [1.165, 1.54) is 11.3 Å². The molecule has 1 heteroatoms. The van der Waals surface area contributed by atoms with Gasteiger partial charge in [0.05, 0.1) is 0 Å². The highest BCUT2D eigenvalue weighted by atomic mass is 14.7. The topological polar surface area (TPSA) is 12.4 Å². The first-order valence-electron chi connectivity index (χ1n) is 3.92. The molecule has 0 aliphatic carbocycles. The third-order valence-electron chi connectivity index (χ3n) is 1.63. The molecule has 0 amide bonds. The van der Waals surface area contributed by atoms with Crippen LogP contribution in [0.2, 0.25) is 0 Å². The van der Waals surface area contributed by atoms with Crippen LogP contribution in [0.4, 0.5) is 0 Å². The monoisotopic (exact) mass is 151 g/mol. The van der Waals surface area contributed by atoms with Crippen LogP contribution in [-0.2, 0) is 0 Å². The fourth-order valence-electron chi connectivity index (χ4n) is 0.603. The standard InChI is InChI=1S/C10H17N/c1-5-9(2)7-6-8-10(3)11-4/h5-7H,8H2,1-4H3/b7-6-,9-5?,11-10-. The van der Waals surface area contributed by atoms with E-state index in [1.807, 2.05) is 20.9 Å². The Balaban J connectivity index is 3.79. The van der Waals surface area contributed by atoms with Crippen molar-refractivity contribution in [3.8, 4) is 0 Å². The second-order valence-corrected chi connectivity index (χ2v) is 2.60. The van der Waals surface area contributed by atoms with E-state index < -0.39 is 0 Å². The molecule has 62 valence electrons. The van der Waals surface area contributed by atoms with E-state index in [4.69, 9.17) is 0 Å². The maximum Gasteiger partial charge on any atom is 0.0276 e. The molecule has 0 unspecified atom stereocenters. The molecule has 0 spiro atoms. The van der Waals surface area contributed by atoms with Crippen LogP contribution in [0.25, 0.3) is 0 Å². The smallest absolute Gasteiger partial charge is 0.0276 e. The molecule has 0 rings (SSSR count). The zero-order valence-corrected chi connectivity index (χ0v) is 7.89. The highest BCUT2D eigenvalue weighted by molar-refractivity contribution is 5.83. The summed E-state index contributed by atoms with van der Waals surface area (Å²) in [6.45, 7) is 6.17. The summed E-state index contributed by atoms with van der Waals surface area (Å²) in [6, 6.07) is 0.